The summed E-state index contributed by atoms with van der Waals surface area (Å²) in [5.41, 5.74) is 0. The van der Waals surface area contributed by atoms with Crippen LogP contribution in [0.15, 0.2) is 41.8 Å². The number of nitrogens with zero attached hydrogens (tertiary/aromatic N) is 1. The SMILES string of the molecule is O=C(COc1ccccc1O)NCC(c1cccs1)N1CCOCC1. The highest BCUT2D eigenvalue weighted by molar-refractivity contribution is 7.10. The molecule has 25 heavy (non-hydrogen) atoms. The number of aromatic hydroxyl groups is 1. The van der Waals surface area contributed by atoms with Gasteiger partial charge in [-0.3, -0.25) is 9.69 Å². The molecule has 7 heteroatoms. The summed E-state index contributed by atoms with van der Waals surface area (Å²) >= 11 is 1.69. The molecule has 2 heterocycles. The van der Waals surface area contributed by atoms with E-state index in [9.17, 15) is 9.90 Å². The average Bonchev–Trinajstić information content (AvgIpc) is 3.16. The van der Waals surface area contributed by atoms with Crippen LogP contribution in [0.4, 0.5) is 0 Å². The summed E-state index contributed by atoms with van der Waals surface area (Å²) in [4.78, 5) is 15.7. The molecule has 0 saturated carbocycles. The Bertz CT molecular complexity index is 671. The van der Waals surface area contributed by atoms with Crippen LogP contribution in [0.1, 0.15) is 10.9 Å². The Hall–Kier alpha value is -2.09. The summed E-state index contributed by atoms with van der Waals surface area (Å²) in [7, 11) is 0. The third kappa shape index (κ3) is 4.94. The number of hydrogen-bond acceptors (Lipinski definition) is 6. The molecule has 1 saturated heterocycles. The summed E-state index contributed by atoms with van der Waals surface area (Å²) in [5, 5.41) is 14.6. The molecule has 2 N–H and O–H groups in total. The van der Waals surface area contributed by atoms with Crippen LogP contribution in [0.2, 0.25) is 0 Å². The molecular weight excluding hydrogens is 340 g/mol. The lowest BCUT2D eigenvalue weighted by molar-refractivity contribution is -0.123. The van der Waals surface area contributed by atoms with Crippen molar-refractivity contribution in [2.45, 2.75) is 6.04 Å². The first-order chi connectivity index (χ1) is 12.2. The highest BCUT2D eigenvalue weighted by Crippen LogP contribution is 2.26. The quantitative estimate of drug-likeness (QED) is 0.789. The minimum Gasteiger partial charge on any atom is -0.504 e. The second kappa shape index (κ2) is 8.84. The van der Waals surface area contributed by atoms with Gasteiger partial charge in [-0.15, -0.1) is 11.3 Å². The van der Waals surface area contributed by atoms with E-state index >= 15 is 0 Å². The van der Waals surface area contributed by atoms with Crippen molar-refractivity contribution in [1.82, 2.24) is 10.2 Å². The Morgan fingerprint density at radius 3 is 2.80 bits per heavy atom. The number of morpholine rings is 1. The van der Waals surface area contributed by atoms with Crippen LogP contribution >= 0.6 is 11.3 Å². The van der Waals surface area contributed by atoms with Crippen LogP contribution in [0.5, 0.6) is 11.5 Å². The van der Waals surface area contributed by atoms with Gasteiger partial charge in [0.05, 0.1) is 19.3 Å². The number of amides is 1. The summed E-state index contributed by atoms with van der Waals surface area (Å²) in [6.45, 7) is 3.53. The average molecular weight is 362 g/mol. The van der Waals surface area contributed by atoms with E-state index in [2.05, 4.69) is 16.3 Å². The van der Waals surface area contributed by atoms with Crippen molar-refractivity contribution in [1.29, 1.82) is 0 Å². The smallest absolute Gasteiger partial charge is 0.258 e. The Morgan fingerprint density at radius 2 is 2.08 bits per heavy atom. The van der Waals surface area contributed by atoms with E-state index in [0.29, 0.717) is 25.5 Å². The van der Waals surface area contributed by atoms with Gasteiger partial charge in [0.2, 0.25) is 0 Å². The van der Waals surface area contributed by atoms with Gasteiger partial charge in [-0.25, -0.2) is 0 Å². The molecule has 2 aromatic rings. The largest absolute Gasteiger partial charge is 0.504 e. The zero-order chi connectivity index (χ0) is 17.5. The minimum atomic E-state index is -0.210. The standard InChI is InChI=1S/C18H22N2O4S/c21-15-4-1-2-5-16(15)24-13-18(22)19-12-14(17-6-3-11-25-17)20-7-9-23-10-8-20/h1-6,11,14,21H,7-10,12-13H2,(H,19,22). The number of ether oxygens (including phenoxy) is 2. The topological polar surface area (TPSA) is 71.0 Å². The highest BCUT2D eigenvalue weighted by Gasteiger charge is 2.24. The van der Waals surface area contributed by atoms with Gasteiger partial charge in [0.15, 0.2) is 18.1 Å². The number of para-hydroxylation sites is 2. The maximum Gasteiger partial charge on any atom is 0.258 e. The van der Waals surface area contributed by atoms with Crippen molar-refractivity contribution < 1.29 is 19.4 Å². The minimum absolute atomic E-state index is 0.0279. The van der Waals surface area contributed by atoms with Crippen molar-refractivity contribution in [3.8, 4) is 11.5 Å². The number of benzene rings is 1. The maximum atomic E-state index is 12.1. The molecule has 1 aliphatic heterocycles. The molecule has 134 valence electrons. The lowest BCUT2D eigenvalue weighted by Crippen LogP contribution is -2.44. The molecule has 0 radical (unpaired) electrons. The Kier molecular flexibility index (Phi) is 6.27. The summed E-state index contributed by atoms with van der Waals surface area (Å²) < 4.78 is 10.8. The van der Waals surface area contributed by atoms with Crippen molar-refractivity contribution >= 4 is 17.2 Å². The summed E-state index contributed by atoms with van der Waals surface area (Å²) in [6, 6.07) is 10.9. The van der Waals surface area contributed by atoms with Gasteiger partial charge in [-0.1, -0.05) is 18.2 Å². The highest BCUT2D eigenvalue weighted by atomic mass is 32.1. The first-order valence-corrected chi connectivity index (χ1v) is 9.14. The van der Waals surface area contributed by atoms with E-state index in [1.54, 1.807) is 29.5 Å². The molecule has 0 aliphatic carbocycles. The normalized spacial score (nSPS) is 16.3. The molecule has 0 bridgehead atoms. The Balaban J connectivity index is 1.53. The van der Waals surface area contributed by atoms with E-state index in [1.165, 1.54) is 10.9 Å². The van der Waals surface area contributed by atoms with Gasteiger partial charge >= 0.3 is 0 Å². The number of phenolic OH excluding ortho intramolecular Hbond substituents is 1. The predicted octanol–water partition coefficient (Wildman–Crippen LogP) is 2.02. The van der Waals surface area contributed by atoms with Gasteiger partial charge in [0.1, 0.15) is 0 Å². The predicted molar refractivity (Wildman–Crippen MR) is 96.1 cm³/mol. The zero-order valence-electron chi connectivity index (χ0n) is 13.9. The van der Waals surface area contributed by atoms with Gasteiger partial charge in [0, 0.05) is 24.5 Å². The number of carbonyl (C=O) groups excluding carboxylic acids is 1. The van der Waals surface area contributed by atoms with Crippen LogP contribution in [0.25, 0.3) is 0 Å². The van der Waals surface area contributed by atoms with Crippen LogP contribution in [-0.2, 0) is 9.53 Å². The van der Waals surface area contributed by atoms with Crippen LogP contribution in [0, 0.1) is 0 Å². The molecule has 1 atom stereocenters. The molecule has 3 rings (SSSR count). The third-order valence-electron chi connectivity index (χ3n) is 4.07. The molecule has 1 unspecified atom stereocenters. The number of hydrogen-bond donors (Lipinski definition) is 2. The van der Waals surface area contributed by atoms with E-state index in [1.807, 2.05) is 11.4 Å². The molecule has 6 nitrogen and oxygen atoms in total. The third-order valence-corrected chi connectivity index (χ3v) is 5.05. The number of phenols is 1. The van der Waals surface area contributed by atoms with Gasteiger partial charge < -0.3 is 19.9 Å². The van der Waals surface area contributed by atoms with Crippen LogP contribution in [-0.4, -0.2) is 55.4 Å². The molecule has 1 aliphatic rings. The van der Waals surface area contributed by atoms with Crippen molar-refractivity contribution in [3.63, 3.8) is 0 Å². The van der Waals surface area contributed by atoms with Crippen LogP contribution < -0.4 is 10.1 Å². The molecule has 1 aromatic carbocycles. The van der Waals surface area contributed by atoms with Gasteiger partial charge in [-0.05, 0) is 23.6 Å². The molecule has 1 fully saturated rings. The van der Waals surface area contributed by atoms with E-state index in [4.69, 9.17) is 9.47 Å². The maximum absolute atomic E-state index is 12.1. The first kappa shape index (κ1) is 17.7. The lowest BCUT2D eigenvalue weighted by Gasteiger charge is -2.34. The van der Waals surface area contributed by atoms with E-state index in [-0.39, 0.29) is 24.3 Å². The first-order valence-electron chi connectivity index (χ1n) is 8.27. The molecule has 1 amide bonds. The molecule has 1 aromatic heterocycles. The number of thiophene rings is 1. The zero-order valence-corrected chi connectivity index (χ0v) is 14.7. The van der Waals surface area contributed by atoms with Crippen molar-refractivity contribution in [2.75, 3.05) is 39.5 Å². The second-order valence-corrected chi connectivity index (χ2v) is 6.72. The fourth-order valence-corrected chi connectivity index (χ4v) is 3.62. The summed E-state index contributed by atoms with van der Waals surface area (Å²) in [6.07, 6.45) is 0. The summed E-state index contributed by atoms with van der Waals surface area (Å²) in [5.74, 6) is 0.124. The molecular formula is C18H22N2O4S. The Morgan fingerprint density at radius 1 is 1.28 bits per heavy atom. The fraction of sp³-hybridized carbons (Fsp3) is 0.389. The van der Waals surface area contributed by atoms with E-state index < -0.39 is 0 Å². The van der Waals surface area contributed by atoms with Gasteiger partial charge in [-0.2, -0.15) is 0 Å². The number of nitrogens with one attached hydrogen (secondary N) is 1. The van der Waals surface area contributed by atoms with Gasteiger partial charge in [0.25, 0.3) is 5.91 Å². The van der Waals surface area contributed by atoms with Crippen LogP contribution in [0.3, 0.4) is 0 Å². The fourth-order valence-electron chi connectivity index (χ4n) is 2.76. The lowest BCUT2D eigenvalue weighted by atomic mass is 10.2. The second-order valence-electron chi connectivity index (χ2n) is 5.74. The number of rotatable bonds is 7. The Labute approximate surface area is 151 Å². The monoisotopic (exact) mass is 362 g/mol. The van der Waals surface area contributed by atoms with Crippen molar-refractivity contribution in [3.05, 3.63) is 46.7 Å². The number of carbonyl (C=O) groups is 1. The van der Waals surface area contributed by atoms with Crippen molar-refractivity contribution in [2.24, 2.45) is 0 Å². The van der Waals surface area contributed by atoms with E-state index in [0.717, 1.165) is 13.1 Å². The molecule has 0 spiro atoms.